The molecule has 1 aromatic carbocycles. The van der Waals surface area contributed by atoms with Crippen LogP contribution in [0.4, 0.5) is 5.82 Å². The molecule has 3 rings (SSSR count). The van der Waals surface area contributed by atoms with E-state index in [-0.39, 0.29) is 0 Å². The van der Waals surface area contributed by atoms with Crippen LogP contribution < -0.4 is 5.32 Å². The van der Waals surface area contributed by atoms with Gasteiger partial charge in [0.15, 0.2) is 5.82 Å². The predicted octanol–water partition coefficient (Wildman–Crippen LogP) is 2.79. The summed E-state index contributed by atoms with van der Waals surface area (Å²) < 4.78 is 1.65. The Morgan fingerprint density at radius 3 is 2.52 bits per heavy atom. The number of hydrogen-bond donors (Lipinski definition) is 1. The number of thioether (sulfide) groups is 1. The van der Waals surface area contributed by atoms with Gasteiger partial charge in [0.05, 0.1) is 16.8 Å². The predicted molar refractivity (Wildman–Crippen MR) is 99.0 cm³/mol. The molecule has 132 valence electrons. The highest BCUT2D eigenvalue weighted by Gasteiger charge is 2.27. The minimum absolute atomic E-state index is 0.472. The standard InChI is InChI=1S/C18H22N4O2S/c1-13-8-10-21(11-9-13)18(24)17(23)20-16-15(25-2)12-19-22(16)14-6-4-3-5-7-14/h3-7,12-13H,8-11H2,1-2H3,(H,20,23). The van der Waals surface area contributed by atoms with E-state index in [1.807, 2.05) is 36.6 Å². The van der Waals surface area contributed by atoms with E-state index >= 15 is 0 Å². The van der Waals surface area contributed by atoms with Crippen molar-refractivity contribution in [1.82, 2.24) is 14.7 Å². The van der Waals surface area contributed by atoms with Gasteiger partial charge in [0, 0.05) is 13.1 Å². The zero-order valence-corrected chi connectivity index (χ0v) is 15.3. The average Bonchev–Trinajstić information content (AvgIpc) is 3.05. The molecule has 25 heavy (non-hydrogen) atoms. The smallest absolute Gasteiger partial charge is 0.315 e. The Morgan fingerprint density at radius 1 is 1.20 bits per heavy atom. The van der Waals surface area contributed by atoms with Crippen molar-refractivity contribution in [2.24, 2.45) is 5.92 Å². The Morgan fingerprint density at radius 2 is 1.88 bits per heavy atom. The molecule has 0 radical (unpaired) electrons. The third-order valence-electron chi connectivity index (χ3n) is 4.45. The van der Waals surface area contributed by atoms with E-state index < -0.39 is 11.8 Å². The van der Waals surface area contributed by atoms with Gasteiger partial charge < -0.3 is 10.2 Å². The molecule has 1 saturated heterocycles. The van der Waals surface area contributed by atoms with E-state index in [0.717, 1.165) is 23.4 Å². The highest BCUT2D eigenvalue weighted by atomic mass is 32.2. The van der Waals surface area contributed by atoms with E-state index in [1.54, 1.807) is 15.8 Å². The molecule has 1 aliphatic heterocycles. The normalized spacial score (nSPS) is 15.2. The molecule has 0 saturated carbocycles. The van der Waals surface area contributed by atoms with Crippen LogP contribution in [0.1, 0.15) is 19.8 Å². The number of anilines is 1. The third-order valence-corrected chi connectivity index (χ3v) is 5.19. The van der Waals surface area contributed by atoms with Crippen molar-refractivity contribution in [3.8, 4) is 5.69 Å². The number of rotatable bonds is 3. The Kier molecular flexibility index (Phi) is 5.43. The van der Waals surface area contributed by atoms with Gasteiger partial charge in [0.25, 0.3) is 0 Å². The summed E-state index contributed by atoms with van der Waals surface area (Å²) in [6.07, 6.45) is 5.49. The SMILES string of the molecule is CSc1cnn(-c2ccccc2)c1NC(=O)C(=O)N1CCC(C)CC1. The van der Waals surface area contributed by atoms with Gasteiger partial charge >= 0.3 is 11.8 Å². The van der Waals surface area contributed by atoms with Crippen molar-refractivity contribution in [3.63, 3.8) is 0 Å². The quantitative estimate of drug-likeness (QED) is 0.677. The lowest BCUT2D eigenvalue weighted by atomic mass is 9.99. The number of piperidine rings is 1. The van der Waals surface area contributed by atoms with E-state index in [0.29, 0.717) is 24.8 Å². The summed E-state index contributed by atoms with van der Waals surface area (Å²) >= 11 is 1.48. The molecule has 0 bridgehead atoms. The molecule has 6 nitrogen and oxygen atoms in total. The van der Waals surface area contributed by atoms with Crippen LogP contribution in [0.5, 0.6) is 0 Å². The first-order valence-electron chi connectivity index (χ1n) is 8.38. The van der Waals surface area contributed by atoms with Crippen molar-refractivity contribution in [3.05, 3.63) is 36.5 Å². The minimum Gasteiger partial charge on any atom is -0.334 e. The first-order valence-corrected chi connectivity index (χ1v) is 9.60. The second-order valence-electron chi connectivity index (χ2n) is 6.24. The van der Waals surface area contributed by atoms with E-state index in [9.17, 15) is 9.59 Å². The molecule has 1 fully saturated rings. The Hall–Kier alpha value is -2.28. The maximum absolute atomic E-state index is 12.5. The fraction of sp³-hybridized carbons (Fsp3) is 0.389. The molecule has 0 unspecified atom stereocenters. The van der Waals surface area contributed by atoms with Gasteiger partial charge in [0.1, 0.15) is 0 Å². The van der Waals surface area contributed by atoms with Gasteiger partial charge in [-0.05, 0) is 37.1 Å². The van der Waals surface area contributed by atoms with Gasteiger partial charge in [-0.3, -0.25) is 9.59 Å². The van der Waals surface area contributed by atoms with Crippen molar-refractivity contribution >= 4 is 29.4 Å². The molecule has 1 aliphatic rings. The zero-order valence-electron chi connectivity index (χ0n) is 14.4. The lowest BCUT2D eigenvalue weighted by Crippen LogP contribution is -2.44. The maximum Gasteiger partial charge on any atom is 0.315 e. The van der Waals surface area contributed by atoms with Gasteiger partial charge in [-0.2, -0.15) is 5.10 Å². The Bertz CT molecular complexity index is 752. The van der Waals surface area contributed by atoms with Gasteiger partial charge in [-0.15, -0.1) is 11.8 Å². The number of amides is 2. The first kappa shape index (κ1) is 17.5. The monoisotopic (exact) mass is 358 g/mol. The number of nitrogens with zero attached hydrogens (tertiary/aromatic N) is 3. The molecule has 1 N–H and O–H groups in total. The van der Waals surface area contributed by atoms with Crippen LogP contribution in [0.3, 0.4) is 0 Å². The summed E-state index contributed by atoms with van der Waals surface area (Å²) in [5.41, 5.74) is 0.831. The maximum atomic E-state index is 12.5. The first-order chi connectivity index (χ1) is 12.1. The van der Waals surface area contributed by atoms with Crippen molar-refractivity contribution in [1.29, 1.82) is 0 Å². The van der Waals surface area contributed by atoms with E-state index in [2.05, 4.69) is 17.3 Å². The number of aromatic nitrogens is 2. The van der Waals surface area contributed by atoms with Crippen molar-refractivity contribution < 1.29 is 9.59 Å². The summed E-state index contributed by atoms with van der Waals surface area (Å²) in [5.74, 6) is 0.0550. The summed E-state index contributed by atoms with van der Waals surface area (Å²) in [7, 11) is 0. The van der Waals surface area contributed by atoms with Crippen LogP contribution in [-0.4, -0.2) is 45.8 Å². The fourth-order valence-electron chi connectivity index (χ4n) is 2.88. The van der Waals surface area contributed by atoms with Gasteiger partial charge in [-0.1, -0.05) is 25.1 Å². The molecular weight excluding hydrogens is 336 g/mol. The summed E-state index contributed by atoms with van der Waals surface area (Å²) in [6.45, 7) is 3.45. The van der Waals surface area contributed by atoms with Crippen LogP contribution in [0.15, 0.2) is 41.4 Å². The second-order valence-corrected chi connectivity index (χ2v) is 7.09. The number of benzene rings is 1. The van der Waals surface area contributed by atoms with Crippen LogP contribution in [0, 0.1) is 5.92 Å². The number of carbonyl (C=O) groups is 2. The van der Waals surface area contributed by atoms with Crippen LogP contribution in [0.2, 0.25) is 0 Å². The Labute approximate surface area is 151 Å². The van der Waals surface area contributed by atoms with E-state index in [1.165, 1.54) is 11.8 Å². The number of para-hydroxylation sites is 1. The average molecular weight is 358 g/mol. The van der Waals surface area contributed by atoms with Gasteiger partial charge in [-0.25, -0.2) is 4.68 Å². The Balaban J connectivity index is 1.79. The highest BCUT2D eigenvalue weighted by molar-refractivity contribution is 7.98. The molecule has 2 amide bonds. The van der Waals surface area contributed by atoms with Crippen LogP contribution >= 0.6 is 11.8 Å². The highest BCUT2D eigenvalue weighted by Crippen LogP contribution is 2.27. The number of likely N-dealkylation sites (tertiary alicyclic amines) is 1. The van der Waals surface area contributed by atoms with Crippen molar-refractivity contribution in [2.75, 3.05) is 24.7 Å². The third kappa shape index (κ3) is 3.87. The fourth-order valence-corrected chi connectivity index (χ4v) is 3.36. The number of nitrogens with one attached hydrogen (secondary N) is 1. The summed E-state index contributed by atoms with van der Waals surface area (Å²) in [6, 6.07) is 9.53. The molecule has 0 aliphatic carbocycles. The summed E-state index contributed by atoms with van der Waals surface area (Å²) in [5, 5.41) is 7.11. The summed E-state index contributed by atoms with van der Waals surface area (Å²) in [4.78, 5) is 27.4. The van der Waals surface area contributed by atoms with E-state index in [4.69, 9.17) is 0 Å². The molecule has 0 atom stereocenters. The lowest BCUT2D eigenvalue weighted by Gasteiger charge is -2.29. The van der Waals surface area contributed by atoms with Crippen LogP contribution in [0.25, 0.3) is 5.69 Å². The van der Waals surface area contributed by atoms with Gasteiger partial charge in [0.2, 0.25) is 0 Å². The lowest BCUT2D eigenvalue weighted by molar-refractivity contribution is -0.144. The largest absolute Gasteiger partial charge is 0.334 e. The molecule has 1 aromatic heterocycles. The minimum atomic E-state index is -0.609. The second kappa shape index (κ2) is 7.74. The number of hydrogen-bond acceptors (Lipinski definition) is 4. The van der Waals surface area contributed by atoms with Crippen molar-refractivity contribution in [2.45, 2.75) is 24.7 Å². The zero-order chi connectivity index (χ0) is 17.8. The molecule has 7 heteroatoms. The number of carbonyl (C=O) groups excluding carboxylic acids is 2. The molecule has 2 aromatic rings. The molecule has 2 heterocycles. The molecule has 0 spiro atoms. The topological polar surface area (TPSA) is 67.2 Å². The molecular formula is C18H22N4O2S. The van der Waals surface area contributed by atoms with Crippen LogP contribution in [-0.2, 0) is 9.59 Å².